The molecule has 1 heterocycles. The summed E-state index contributed by atoms with van der Waals surface area (Å²) in [5.74, 6) is -0.0622. The zero-order chi connectivity index (χ0) is 11.8. The molecule has 0 saturated heterocycles. The van der Waals surface area contributed by atoms with E-state index in [9.17, 15) is 4.79 Å². The van der Waals surface area contributed by atoms with Crippen molar-refractivity contribution >= 4 is 28.3 Å². The first-order valence-electron chi connectivity index (χ1n) is 5.60. The summed E-state index contributed by atoms with van der Waals surface area (Å²) in [5, 5.41) is 5.06. The van der Waals surface area contributed by atoms with Crippen molar-refractivity contribution in [2.75, 3.05) is 0 Å². The van der Waals surface area contributed by atoms with Crippen molar-refractivity contribution in [3.05, 3.63) is 41.2 Å². The molecule has 4 heteroatoms. The van der Waals surface area contributed by atoms with Gasteiger partial charge in [-0.05, 0) is 18.2 Å². The van der Waals surface area contributed by atoms with Crippen LogP contribution in [0.25, 0.3) is 10.8 Å². The van der Waals surface area contributed by atoms with Gasteiger partial charge in [0.1, 0.15) is 5.15 Å². The maximum Gasteiger partial charge on any atom is 0.253 e. The Hall–Kier alpha value is -1.61. The van der Waals surface area contributed by atoms with Crippen molar-refractivity contribution in [2.24, 2.45) is 0 Å². The lowest BCUT2D eigenvalue weighted by molar-refractivity contribution is 0.0952. The molecule has 0 spiro atoms. The first-order chi connectivity index (χ1) is 8.25. The Balaban J connectivity index is 2.09. The van der Waals surface area contributed by atoms with E-state index < -0.39 is 0 Å². The molecule has 0 unspecified atom stereocenters. The van der Waals surface area contributed by atoms with Crippen LogP contribution in [-0.4, -0.2) is 16.9 Å². The number of hydrogen-bond donors (Lipinski definition) is 1. The minimum atomic E-state index is -0.0622. The van der Waals surface area contributed by atoms with Gasteiger partial charge in [-0.3, -0.25) is 4.79 Å². The summed E-state index contributed by atoms with van der Waals surface area (Å²) in [4.78, 5) is 16.1. The van der Waals surface area contributed by atoms with E-state index >= 15 is 0 Å². The van der Waals surface area contributed by atoms with Crippen LogP contribution in [0.15, 0.2) is 30.5 Å². The number of benzene rings is 1. The van der Waals surface area contributed by atoms with E-state index in [0.717, 1.165) is 23.6 Å². The molecule has 1 aromatic carbocycles. The van der Waals surface area contributed by atoms with Gasteiger partial charge in [-0.15, -0.1) is 0 Å². The van der Waals surface area contributed by atoms with Crippen molar-refractivity contribution in [3.8, 4) is 0 Å². The molecule has 0 atom stereocenters. The van der Waals surface area contributed by atoms with Crippen LogP contribution in [-0.2, 0) is 0 Å². The third-order valence-electron chi connectivity index (χ3n) is 2.90. The number of nitrogens with one attached hydrogen (secondary N) is 1. The van der Waals surface area contributed by atoms with Gasteiger partial charge in [-0.25, -0.2) is 4.98 Å². The fourth-order valence-electron chi connectivity index (χ4n) is 1.83. The van der Waals surface area contributed by atoms with Crippen molar-refractivity contribution in [3.63, 3.8) is 0 Å². The summed E-state index contributed by atoms with van der Waals surface area (Å²) in [6, 6.07) is 7.89. The average Bonchev–Trinajstić information content (AvgIpc) is 3.14. The van der Waals surface area contributed by atoms with Crippen LogP contribution in [0.4, 0.5) is 0 Å². The molecule has 2 aromatic rings. The molecular weight excluding hydrogens is 236 g/mol. The van der Waals surface area contributed by atoms with Gasteiger partial charge in [0, 0.05) is 17.6 Å². The second-order valence-electron chi connectivity index (χ2n) is 4.26. The van der Waals surface area contributed by atoms with Crippen molar-refractivity contribution < 1.29 is 4.79 Å². The molecule has 3 rings (SSSR count). The van der Waals surface area contributed by atoms with E-state index in [2.05, 4.69) is 10.3 Å². The molecule has 1 saturated carbocycles. The highest BCUT2D eigenvalue weighted by atomic mass is 35.5. The number of carbonyl (C=O) groups excluding carboxylic acids is 1. The molecule has 0 bridgehead atoms. The number of aromatic nitrogens is 1. The van der Waals surface area contributed by atoms with Gasteiger partial charge >= 0.3 is 0 Å². The maximum absolute atomic E-state index is 12.0. The number of pyridine rings is 1. The summed E-state index contributed by atoms with van der Waals surface area (Å²) in [5.41, 5.74) is 0.594. The summed E-state index contributed by atoms with van der Waals surface area (Å²) < 4.78 is 0. The Morgan fingerprint density at radius 3 is 2.71 bits per heavy atom. The molecule has 1 aliphatic rings. The molecule has 1 aromatic heterocycles. The minimum absolute atomic E-state index is 0.0622. The molecule has 1 fully saturated rings. The van der Waals surface area contributed by atoms with E-state index in [4.69, 9.17) is 11.6 Å². The number of fused-ring (bicyclic) bond motifs is 1. The predicted octanol–water partition coefficient (Wildman–Crippen LogP) is 2.78. The van der Waals surface area contributed by atoms with Crippen molar-refractivity contribution in [1.82, 2.24) is 10.3 Å². The van der Waals surface area contributed by atoms with Crippen molar-refractivity contribution in [1.29, 1.82) is 0 Å². The minimum Gasteiger partial charge on any atom is -0.349 e. The van der Waals surface area contributed by atoms with Crippen molar-refractivity contribution in [2.45, 2.75) is 18.9 Å². The van der Waals surface area contributed by atoms with Gasteiger partial charge in [0.05, 0.1) is 5.56 Å². The van der Waals surface area contributed by atoms with E-state index in [1.165, 1.54) is 0 Å². The van der Waals surface area contributed by atoms with Gasteiger partial charge in [-0.2, -0.15) is 0 Å². The van der Waals surface area contributed by atoms with Crippen LogP contribution >= 0.6 is 11.6 Å². The number of hydrogen-bond acceptors (Lipinski definition) is 2. The first-order valence-corrected chi connectivity index (χ1v) is 5.97. The Bertz CT molecular complexity index is 593. The normalized spacial score (nSPS) is 14.9. The Labute approximate surface area is 104 Å². The van der Waals surface area contributed by atoms with Gasteiger partial charge < -0.3 is 5.32 Å². The SMILES string of the molecule is O=C(NC1CC1)c1cnc(Cl)c2ccccc12. The fraction of sp³-hybridized carbons (Fsp3) is 0.231. The average molecular weight is 247 g/mol. The van der Waals surface area contributed by atoms with Gasteiger partial charge in [0.2, 0.25) is 0 Å². The predicted molar refractivity (Wildman–Crippen MR) is 67.2 cm³/mol. The zero-order valence-electron chi connectivity index (χ0n) is 9.11. The maximum atomic E-state index is 12.0. The van der Waals surface area contributed by atoms with Gasteiger partial charge in [-0.1, -0.05) is 35.9 Å². The Kier molecular flexibility index (Phi) is 2.48. The molecule has 86 valence electrons. The standard InChI is InChI=1S/C13H11ClN2O/c14-12-10-4-2-1-3-9(10)11(7-15-12)13(17)16-8-5-6-8/h1-4,7-8H,5-6H2,(H,16,17). The highest BCUT2D eigenvalue weighted by Crippen LogP contribution is 2.25. The van der Waals surface area contributed by atoms with Gasteiger partial charge in [0.25, 0.3) is 5.91 Å². The van der Waals surface area contributed by atoms with Crippen LogP contribution in [0.1, 0.15) is 23.2 Å². The number of nitrogens with zero attached hydrogens (tertiary/aromatic N) is 1. The second-order valence-corrected chi connectivity index (χ2v) is 4.61. The Morgan fingerprint density at radius 2 is 2.00 bits per heavy atom. The van der Waals surface area contributed by atoms with E-state index in [1.54, 1.807) is 6.20 Å². The highest BCUT2D eigenvalue weighted by Gasteiger charge is 2.24. The monoisotopic (exact) mass is 246 g/mol. The molecule has 0 radical (unpaired) electrons. The molecule has 1 N–H and O–H groups in total. The lowest BCUT2D eigenvalue weighted by Crippen LogP contribution is -2.25. The third-order valence-corrected chi connectivity index (χ3v) is 3.20. The fourth-order valence-corrected chi connectivity index (χ4v) is 2.04. The molecule has 17 heavy (non-hydrogen) atoms. The van der Waals surface area contributed by atoms with Crippen LogP contribution in [0.3, 0.4) is 0 Å². The summed E-state index contributed by atoms with van der Waals surface area (Å²) >= 11 is 6.01. The number of amides is 1. The smallest absolute Gasteiger partial charge is 0.253 e. The first kappa shape index (κ1) is 10.5. The lowest BCUT2D eigenvalue weighted by atomic mass is 10.1. The summed E-state index contributed by atoms with van der Waals surface area (Å²) in [6.45, 7) is 0. The molecule has 0 aliphatic heterocycles. The van der Waals surface area contributed by atoms with Crippen LogP contribution in [0.5, 0.6) is 0 Å². The van der Waals surface area contributed by atoms with Crippen LogP contribution in [0.2, 0.25) is 5.15 Å². The highest BCUT2D eigenvalue weighted by molar-refractivity contribution is 6.34. The lowest BCUT2D eigenvalue weighted by Gasteiger charge is -2.07. The molecular formula is C13H11ClN2O. The topological polar surface area (TPSA) is 42.0 Å². The molecule has 1 aliphatic carbocycles. The van der Waals surface area contributed by atoms with Crippen LogP contribution in [0, 0.1) is 0 Å². The van der Waals surface area contributed by atoms with E-state index in [0.29, 0.717) is 16.8 Å². The molecule has 1 amide bonds. The van der Waals surface area contributed by atoms with Crippen LogP contribution < -0.4 is 5.32 Å². The number of rotatable bonds is 2. The third kappa shape index (κ3) is 1.98. The largest absolute Gasteiger partial charge is 0.349 e. The number of halogens is 1. The van der Waals surface area contributed by atoms with E-state index in [-0.39, 0.29) is 5.91 Å². The number of carbonyl (C=O) groups is 1. The summed E-state index contributed by atoms with van der Waals surface area (Å²) in [7, 11) is 0. The van der Waals surface area contributed by atoms with Gasteiger partial charge in [0.15, 0.2) is 0 Å². The second kappa shape index (κ2) is 4.00. The quantitative estimate of drug-likeness (QED) is 0.828. The zero-order valence-corrected chi connectivity index (χ0v) is 9.87. The van der Waals surface area contributed by atoms with E-state index in [1.807, 2.05) is 24.3 Å². The molecule has 3 nitrogen and oxygen atoms in total. The summed E-state index contributed by atoms with van der Waals surface area (Å²) in [6.07, 6.45) is 3.69. The Morgan fingerprint density at radius 1 is 1.29 bits per heavy atom.